The Morgan fingerprint density at radius 1 is 0.892 bits per heavy atom. The largest absolute Gasteiger partial charge is 0.465 e. The van der Waals surface area contributed by atoms with Gasteiger partial charge in [-0.15, -0.1) is 0 Å². The van der Waals surface area contributed by atoms with Crippen molar-refractivity contribution in [2.24, 2.45) is 0 Å². The van der Waals surface area contributed by atoms with Gasteiger partial charge in [0.25, 0.3) is 5.91 Å². The second kappa shape index (κ2) is 11.3. The van der Waals surface area contributed by atoms with E-state index in [0.717, 1.165) is 10.8 Å². The molecule has 4 rings (SSSR count). The van der Waals surface area contributed by atoms with Gasteiger partial charge in [0.05, 0.1) is 28.4 Å². The van der Waals surface area contributed by atoms with E-state index < -0.39 is 17.8 Å². The molecule has 4 aromatic rings. The number of ether oxygens (including phenoxy) is 2. The van der Waals surface area contributed by atoms with Crippen LogP contribution < -0.4 is 10.1 Å². The zero-order valence-corrected chi connectivity index (χ0v) is 21.1. The maximum Gasteiger partial charge on any atom is 0.344 e. The Hall–Kier alpha value is -4.74. The number of hydrogen-bond donors (Lipinski definition) is 1. The van der Waals surface area contributed by atoms with Crippen LogP contribution in [0.25, 0.3) is 16.8 Å². The molecule has 0 heterocycles. The number of nitriles is 1. The van der Waals surface area contributed by atoms with Crippen molar-refractivity contribution >= 4 is 56.3 Å². The molecule has 0 saturated heterocycles. The van der Waals surface area contributed by atoms with Crippen molar-refractivity contribution in [2.45, 2.75) is 0 Å². The standard InChI is InChI=1S/C29H19BrN2O5/c1-36-28(34)23-10-4-5-12-25(23)32-27(33)20(17-31)15-18-13-14-26(24(30)16-18)37-29(35)22-11-6-8-19-7-2-3-9-21(19)22/h2-16H,1H3,(H,32,33)/b20-15+. The molecule has 1 N–H and O–H groups in total. The lowest BCUT2D eigenvalue weighted by molar-refractivity contribution is -0.112. The Morgan fingerprint density at radius 3 is 2.35 bits per heavy atom. The van der Waals surface area contributed by atoms with Gasteiger partial charge >= 0.3 is 11.9 Å². The highest BCUT2D eigenvalue weighted by molar-refractivity contribution is 9.10. The molecular formula is C29H19BrN2O5. The predicted octanol–water partition coefficient (Wildman–Crippen LogP) is 6.15. The van der Waals surface area contributed by atoms with Gasteiger partial charge in [-0.05, 0) is 68.7 Å². The van der Waals surface area contributed by atoms with E-state index in [0.29, 0.717) is 15.6 Å². The number of nitrogens with one attached hydrogen (secondary N) is 1. The monoisotopic (exact) mass is 554 g/mol. The van der Waals surface area contributed by atoms with Crippen LogP contribution in [0.1, 0.15) is 26.3 Å². The Labute approximate surface area is 221 Å². The smallest absolute Gasteiger partial charge is 0.344 e. The number of anilines is 1. The van der Waals surface area contributed by atoms with Crippen molar-refractivity contribution in [1.29, 1.82) is 5.26 Å². The number of para-hydroxylation sites is 1. The number of rotatable bonds is 6. The Balaban J connectivity index is 1.53. The number of fused-ring (bicyclic) bond motifs is 1. The molecule has 0 atom stereocenters. The molecule has 1 amide bonds. The third-order valence-corrected chi connectivity index (χ3v) is 6.04. The summed E-state index contributed by atoms with van der Waals surface area (Å²) in [4.78, 5) is 37.6. The normalized spacial score (nSPS) is 10.9. The third kappa shape index (κ3) is 5.74. The van der Waals surface area contributed by atoms with Gasteiger partial charge in [0.2, 0.25) is 0 Å². The summed E-state index contributed by atoms with van der Waals surface area (Å²) in [5.41, 5.74) is 1.15. The molecule has 0 bridgehead atoms. The molecule has 0 aromatic heterocycles. The van der Waals surface area contributed by atoms with E-state index in [4.69, 9.17) is 9.47 Å². The minimum Gasteiger partial charge on any atom is -0.465 e. The van der Waals surface area contributed by atoms with Crippen LogP contribution in [0.15, 0.2) is 95.0 Å². The van der Waals surface area contributed by atoms with Gasteiger partial charge in [-0.2, -0.15) is 5.26 Å². The van der Waals surface area contributed by atoms with Gasteiger partial charge in [-0.25, -0.2) is 9.59 Å². The number of carbonyl (C=O) groups excluding carboxylic acids is 3. The number of esters is 2. The van der Waals surface area contributed by atoms with Gasteiger partial charge in [0, 0.05) is 0 Å². The molecular weight excluding hydrogens is 536 g/mol. The minimum atomic E-state index is -0.693. The van der Waals surface area contributed by atoms with E-state index in [1.165, 1.54) is 25.3 Å². The van der Waals surface area contributed by atoms with Crippen LogP contribution in [0.5, 0.6) is 5.75 Å². The number of methoxy groups -OCH3 is 1. The lowest BCUT2D eigenvalue weighted by Gasteiger charge is -2.10. The quantitative estimate of drug-likeness (QED) is 0.132. The average Bonchev–Trinajstić information content (AvgIpc) is 2.92. The summed E-state index contributed by atoms with van der Waals surface area (Å²) in [5.74, 6) is -1.54. The van der Waals surface area contributed by atoms with Crippen molar-refractivity contribution < 1.29 is 23.9 Å². The van der Waals surface area contributed by atoms with E-state index >= 15 is 0 Å². The van der Waals surface area contributed by atoms with Crippen LogP contribution in [0, 0.1) is 11.3 Å². The SMILES string of the molecule is COC(=O)c1ccccc1NC(=O)/C(C#N)=C/c1ccc(OC(=O)c2cccc3ccccc23)c(Br)c1. The Bertz CT molecular complexity index is 1600. The molecule has 0 unspecified atom stereocenters. The number of benzene rings is 4. The molecule has 4 aromatic carbocycles. The molecule has 7 nitrogen and oxygen atoms in total. The molecule has 0 fully saturated rings. The van der Waals surface area contributed by atoms with Crippen molar-refractivity contribution in [2.75, 3.05) is 12.4 Å². The van der Waals surface area contributed by atoms with Crippen molar-refractivity contribution in [3.8, 4) is 11.8 Å². The highest BCUT2D eigenvalue weighted by Gasteiger charge is 2.17. The molecule has 37 heavy (non-hydrogen) atoms. The lowest BCUT2D eigenvalue weighted by atomic mass is 10.0. The van der Waals surface area contributed by atoms with Crippen LogP contribution in [-0.4, -0.2) is 25.0 Å². The average molecular weight is 555 g/mol. The Morgan fingerprint density at radius 2 is 1.59 bits per heavy atom. The molecule has 0 radical (unpaired) electrons. The summed E-state index contributed by atoms with van der Waals surface area (Å²) >= 11 is 3.39. The zero-order chi connectivity index (χ0) is 26.4. The molecule has 0 aliphatic rings. The van der Waals surface area contributed by atoms with Crippen LogP contribution in [0.3, 0.4) is 0 Å². The summed E-state index contributed by atoms with van der Waals surface area (Å²) in [6.45, 7) is 0. The number of halogens is 1. The second-order valence-corrected chi connectivity index (χ2v) is 8.62. The first-order chi connectivity index (χ1) is 17.9. The number of carbonyl (C=O) groups is 3. The summed E-state index contributed by atoms with van der Waals surface area (Å²) in [6, 6.07) is 25.9. The fourth-order valence-corrected chi connectivity index (χ4v) is 4.11. The van der Waals surface area contributed by atoms with Crippen LogP contribution in [0.4, 0.5) is 5.69 Å². The first kappa shape index (κ1) is 25.4. The fraction of sp³-hybridized carbons (Fsp3) is 0.0345. The van der Waals surface area contributed by atoms with Crippen molar-refractivity contribution in [3.63, 3.8) is 0 Å². The second-order valence-electron chi connectivity index (χ2n) is 7.77. The molecule has 0 aliphatic carbocycles. The summed E-state index contributed by atoms with van der Waals surface area (Å²) in [5, 5.41) is 13.8. The highest BCUT2D eigenvalue weighted by Crippen LogP contribution is 2.29. The maximum atomic E-state index is 12.9. The maximum absolute atomic E-state index is 12.9. The molecule has 8 heteroatoms. The molecule has 0 spiro atoms. The van der Waals surface area contributed by atoms with E-state index in [1.54, 1.807) is 42.5 Å². The number of amides is 1. The fourth-order valence-electron chi connectivity index (χ4n) is 3.63. The van der Waals surface area contributed by atoms with Crippen LogP contribution in [-0.2, 0) is 9.53 Å². The molecule has 0 aliphatic heterocycles. The lowest BCUT2D eigenvalue weighted by Crippen LogP contribution is -2.16. The predicted molar refractivity (Wildman–Crippen MR) is 143 cm³/mol. The van der Waals surface area contributed by atoms with Crippen molar-refractivity contribution in [1.82, 2.24) is 0 Å². The first-order valence-electron chi connectivity index (χ1n) is 11.0. The topological polar surface area (TPSA) is 105 Å². The zero-order valence-electron chi connectivity index (χ0n) is 19.5. The van der Waals surface area contributed by atoms with Gasteiger partial charge in [-0.3, -0.25) is 4.79 Å². The van der Waals surface area contributed by atoms with Crippen LogP contribution >= 0.6 is 15.9 Å². The number of nitrogens with zero attached hydrogens (tertiary/aromatic N) is 1. The summed E-state index contributed by atoms with van der Waals surface area (Å²) < 4.78 is 10.8. The van der Waals surface area contributed by atoms with E-state index in [1.807, 2.05) is 36.4 Å². The van der Waals surface area contributed by atoms with Gasteiger partial charge in [-0.1, -0.05) is 54.6 Å². The van der Waals surface area contributed by atoms with Crippen molar-refractivity contribution in [3.05, 3.63) is 112 Å². The van der Waals surface area contributed by atoms with E-state index in [2.05, 4.69) is 21.2 Å². The third-order valence-electron chi connectivity index (χ3n) is 5.42. The molecule has 0 saturated carbocycles. The van der Waals surface area contributed by atoms with Gasteiger partial charge < -0.3 is 14.8 Å². The summed E-state index contributed by atoms with van der Waals surface area (Å²) in [7, 11) is 1.24. The van der Waals surface area contributed by atoms with E-state index in [-0.39, 0.29) is 22.6 Å². The minimum absolute atomic E-state index is 0.163. The number of hydrogen-bond acceptors (Lipinski definition) is 6. The van der Waals surface area contributed by atoms with Gasteiger partial charge in [0.15, 0.2) is 0 Å². The van der Waals surface area contributed by atoms with Gasteiger partial charge in [0.1, 0.15) is 17.4 Å². The van der Waals surface area contributed by atoms with E-state index in [9.17, 15) is 19.6 Å². The Kier molecular flexibility index (Phi) is 7.77. The first-order valence-corrected chi connectivity index (χ1v) is 11.8. The summed E-state index contributed by atoms with van der Waals surface area (Å²) in [6.07, 6.45) is 1.39. The highest BCUT2D eigenvalue weighted by atomic mass is 79.9. The van der Waals surface area contributed by atoms with Crippen LogP contribution in [0.2, 0.25) is 0 Å². The molecule has 182 valence electrons.